The van der Waals surface area contributed by atoms with Gasteiger partial charge in [0.05, 0.1) is 5.92 Å². The van der Waals surface area contributed by atoms with E-state index in [4.69, 9.17) is 9.84 Å². The third kappa shape index (κ3) is 4.52. The number of aliphatic carboxylic acids is 1. The second kappa shape index (κ2) is 7.20. The molecule has 1 fully saturated rings. The van der Waals surface area contributed by atoms with Crippen LogP contribution in [0.15, 0.2) is 0 Å². The van der Waals surface area contributed by atoms with Gasteiger partial charge in [-0.1, -0.05) is 0 Å². The van der Waals surface area contributed by atoms with Gasteiger partial charge in [0.2, 0.25) is 0 Å². The van der Waals surface area contributed by atoms with Gasteiger partial charge >= 0.3 is 12.0 Å². The van der Waals surface area contributed by atoms with Crippen molar-refractivity contribution in [3.8, 4) is 0 Å². The van der Waals surface area contributed by atoms with Crippen LogP contribution in [0.5, 0.6) is 0 Å². The average molecular weight is 258 g/mol. The maximum Gasteiger partial charge on any atom is 0.317 e. The molecule has 0 aromatic rings. The molecule has 1 aliphatic rings. The van der Waals surface area contributed by atoms with E-state index in [1.54, 1.807) is 12.0 Å². The summed E-state index contributed by atoms with van der Waals surface area (Å²) in [5, 5.41) is 11.8. The smallest absolute Gasteiger partial charge is 0.317 e. The molecule has 1 atom stereocenters. The molecule has 18 heavy (non-hydrogen) atoms. The number of nitrogens with zero attached hydrogens (tertiary/aromatic N) is 1. The monoisotopic (exact) mass is 258 g/mol. The molecule has 0 saturated carbocycles. The number of hydrogen-bond donors (Lipinski definition) is 2. The zero-order valence-electron chi connectivity index (χ0n) is 11.0. The Morgan fingerprint density at radius 3 is 2.56 bits per heavy atom. The van der Waals surface area contributed by atoms with Crippen LogP contribution in [0.3, 0.4) is 0 Å². The van der Waals surface area contributed by atoms with Crippen molar-refractivity contribution in [3.63, 3.8) is 0 Å². The van der Waals surface area contributed by atoms with E-state index in [1.165, 1.54) is 0 Å². The second-order valence-electron chi connectivity index (χ2n) is 4.73. The van der Waals surface area contributed by atoms with Gasteiger partial charge in [-0.05, 0) is 26.2 Å². The quantitative estimate of drug-likeness (QED) is 0.768. The normalized spacial score (nSPS) is 18.4. The number of hydrogen-bond acceptors (Lipinski definition) is 3. The lowest BCUT2D eigenvalue weighted by Gasteiger charge is -2.31. The third-order valence-electron chi connectivity index (χ3n) is 3.26. The summed E-state index contributed by atoms with van der Waals surface area (Å²) in [7, 11) is 1.63. The molecule has 1 aliphatic heterocycles. The predicted octanol–water partition coefficient (Wildman–Crippen LogP) is 0.918. The van der Waals surface area contributed by atoms with Crippen LogP contribution >= 0.6 is 0 Å². The van der Waals surface area contributed by atoms with E-state index in [0.29, 0.717) is 32.5 Å². The predicted molar refractivity (Wildman–Crippen MR) is 66.4 cm³/mol. The van der Waals surface area contributed by atoms with E-state index in [1.807, 2.05) is 6.92 Å². The van der Waals surface area contributed by atoms with Gasteiger partial charge in [-0.2, -0.15) is 0 Å². The number of carbonyl (C=O) groups is 2. The molecule has 6 nitrogen and oxygen atoms in total. The van der Waals surface area contributed by atoms with Gasteiger partial charge in [-0.25, -0.2) is 4.79 Å². The molecule has 0 bridgehead atoms. The van der Waals surface area contributed by atoms with Crippen molar-refractivity contribution in [3.05, 3.63) is 0 Å². The van der Waals surface area contributed by atoms with Crippen LogP contribution in [-0.2, 0) is 9.53 Å². The second-order valence-corrected chi connectivity index (χ2v) is 4.73. The molecule has 0 spiro atoms. The number of carboxylic acid groups (broad SMARTS) is 1. The van der Waals surface area contributed by atoms with Gasteiger partial charge in [0.1, 0.15) is 0 Å². The van der Waals surface area contributed by atoms with Gasteiger partial charge < -0.3 is 20.1 Å². The lowest BCUT2D eigenvalue weighted by atomic mass is 9.97. The number of rotatable bonds is 5. The van der Waals surface area contributed by atoms with Crippen LogP contribution in [0.2, 0.25) is 0 Å². The first-order valence-electron chi connectivity index (χ1n) is 6.31. The van der Waals surface area contributed by atoms with Crippen molar-refractivity contribution in [1.29, 1.82) is 0 Å². The van der Waals surface area contributed by atoms with Crippen molar-refractivity contribution < 1.29 is 19.4 Å². The SMILES string of the molecule is COCCC(C)NC(=O)N1CCC(C(=O)O)CC1. The van der Waals surface area contributed by atoms with Crippen molar-refractivity contribution in [2.45, 2.75) is 32.2 Å². The molecular formula is C12H22N2O4. The fraction of sp³-hybridized carbons (Fsp3) is 0.833. The van der Waals surface area contributed by atoms with Gasteiger partial charge in [0.15, 0.2) is 0 Å². The number of ether oxygens (including phenoxy) is 1. The summed E-state index contributed by atoms with van der Waals surface area (Å²) in [6.45, 7) is 3.57. The Morgan fingerprint density at radius 2 is 2.06 bits per heavy atom. The van der Waals surface area contributed by atoms with E-state index in [2.05, 4.69) is 5.32 Å². The Kier molecular flexibility index (Phi) is 5.91. The Balaban J connectivity index is 2.29. The minimum Gasteiger partial charge on any atom is -0.481 e. The van der Waals surface area contributed by atoms with E-state index >= 15 is 0 Å². The highest BCUT2D eigenvalue weighted by atomic mass is 16.5. The number of carbonyl (C=O) groups excluding carboxylic acids is 1. The summed E-state index contributed by atoms with van der Waals surface area (Å²) in [5.41, 5.74) is 0. The standard InChI is InChI=1S/C12H22N2O4/c1-9(5-8-18-2)13-12(17)14-6-3-10(4-7-14)11(15)16/h9-10H,3-8H2,1-2H3,(H,13,17)(H,15,16). The third-order valence-corrected chi connectivity index (χ3v) is 3.26. The minimum absolute atomic E-state index is 0.0645. The number of amides is 2. The van der Waals surface area contributed by atoms with Crippen LogP contribution < -0.4 is 5.32 Å². The van der Waals surface area contributed by atoms with Crippen LogP contribution in [0.1, 0.15) is 26.2 Å². The fourth-order valence-electron chi connectivity index (χ4n) is 2.00. The van der Waals surface area contributed by atoms with Crippen LogP contribution in [0, 0.1) is 5.92 Å². The van der Waals surface area contributed by atoms with E-state index in [9.17, 15) is 9.59 Å². The molecule has 2 amide bonds. The van der Waals surface area contributed by atoms with Gasteiger partial charge in [-0.3, -0.25) is 4.79 Å². The van der Waals surface area contributed by atoms with E-state index in [0.717, 1.165) is 6.42 Å². The van der Waals surface area contributed by atoms with E-state index in [-0.39, 0.29) is 18.0 Å². The van der Waals surface area contributed by atoms with Crippen molar-refractivity contribution in [2.75, 3.05) is 26.8 Å². The van der Waals surface area contributed by atoms with Crippen LogP contribution in [0.25, 0.3) is 0 Å². The first-order valence-corrected chi connectivity index (χ1v) is 6.31. The van der Waals surface area contributed by atoms with E-state index < -0.39 is 5.97 Å². The average Bonchev–Trinajstić information content (AvgIpc) is 2.36. The summed E-state index contributed by atoms with van der Waals surface area (Å²) in [5.74, 6) is -1.07. The summed E-state index contributed by atoms with van der Waals surface area (Å²) in [6.07, 6.45) is 1.85. The number of piperidine rings is 1. The van der Waals surface area contributed by atoms with Crippen molar-refractivity contribution in [2.24, 2.45) is 5.92 Å². The fourth-order valence-corrected chi connectivity index (χ4v) is 2.00. The summed E-state index contributed by atoms with van der Waals surface area (Å²) >= 11 is 0. The molecule has 104 valence electrons. The molecule has 6 heteroatoms. The Bertz CT molecular complexity index is 288. The van der Waals surface area contributed by atoms with Crippen LogP contribution in [-0.4, -0.2) is 54.9 Å². The molecular weight excluding hydrogens is 236 g/mol. The summed E-state index contributed by atoms with van der Waals surface area (Å²) in [6, 6.07) is -0.0444. The van der Waals surface area contributed by atoms with Crippen molar-refractivity contribution in [1.82, 2.24) is 10.2 Å². The highest BCUT2D eigenvalue weighted by molar-refractivity contribution is 5.75. The molecule has 1 saturated heterocycles. The van der Waals surface area contributed by atoms with Gasteiger partial charge in [0.25, 0.3) is 0 Å². The first-order chi connectivity index (χ1) is 8.54. The first kappa shape index (κ1) is 14.8. The number of nitrogens with one attached hydrogen (secondary N) is 1. The Hall–Kier alpha value is -1.30. The highest BCUT2D eigenvalue weighted by Gasteiger charge is 2.27. The zero-order valence-corrected chi connectivity index (χ0v) is 11.0. The zero-order chi connectivity index (χ0) is 13.5. The lowest BCUT2D eigenvalue weighted by molar-refractivity contribution is -0.143. The number of carboxylic acids is 1. The van der Waals surface area contributed by atoms with Crippen molar-refractivity contribution >= 4 is 12.0 Å². The number of urea groups is 1. The summed E-state index contributed by atoms with van der Waals surface area (Å²) in [4.78, 5) is 24.4. The number of methoxy groups -OCH3 is 1. The molecule has 1 heterocycles. The van der Waals surface area contributed by atoms with Crippen LogP contribution in [0.4, 0.5) is 4.79 Å². The molecule has 0 aromatic carbocycles. The molecule has 0 aliphatic carbocycles. The lowest BCUT2D eigenvalue weighted by Crippen LogP contribution is -2.48. The minimum atomic E-state index is -0.761. The Morgan fingerprint density at radius 1 is 1.44 bits per heavy atom. The van der Waals surface area contributed by atoms with Gasteiger partial charge in [0, 0.05) is 32.8 Å². The maximum absolute atomic E-state index is 11.9. The molecule has 1 unspecified atom stereocenters. The van der Waals surface area contributed by atoms with Gasteiger partial charge in [-0.15, -0.1) is 0 Å². The maximum atomic E-state index is 11.9. The number of likely N-dealkylation sites (tertiary alicyclic amines) is 1. The summed E-state index contributed by atoms with van der Waals surface area (Å²) < 4.78 is 4.95. The topological polar surface area (TPSA) is 78.9 Å². The molecule has 1 rings (SSSR count). The molecule has 0 aromatic heterocycles. The highest BCUT2D eigenvalue weighted by Crippen LogP contribution is 2.17. The molecule has 0 radical (unpaired) electrons. The Labute approximate surface area is 107 Å². The largest absolute Gasteiger partial charge is 0.481 e. The molecule has 2 N–H and O–H groups in total.